The van der Waals surface area contributed by atoms with Crippen LogP contribution in [0.2, 0.25) is 0 Å². The fourth-order valence-electron chi connectivity index (χ4n) is 2.82. The van der Waals surface area contributed by atoms with Gasteiger partial charge in [-0.15, -0.1) is 0 Å². The van der Waals surface area contributed by atoms with Crippen LogP contribution in [0.5, 0.6) is 0 Å². The number of rotatable bonds is 5. The van der Waals surface area contributed by atoms with E-state index < -0.39 is 38.8 Å². The highest BCUT2D eigenvalue weighted by atomic mass is 32.2. The first-order chi connectivity index (χ1) is 11.2. The van der Waals surface area contributed by atoms with Gasteiger partial charge in [-0.1, -0.05) is 0 Å². The third kappa shape index (κ3) is 3.92. The first-order valence-electron chi connectivity index (χ1n) is 7.75. The van der Waals surface area contributed by atoms with Crippen molar-refractivity contribution in [3.63, 3.8) is 0 Å². The predicted octanol–water partition coefficient (Wildman–Crippen LogP) is 1.84. The summed E-state index contributed by atoms with van der Waals surface area (Å²) in [6.45, 7) is 1.72. The Labute approximate surface area is 140 Å². The lowest BCUT2D eigenvalue weighted by Gasteiger charge is -2.33. The van der Waals surface area contributed by atoms with Crippen molar-refractivity contribution < 1.29 is 27.5 Å². The van der Waals surface area contributed by atoms with Crippen LogP contribution < -0.4 is 0 Å². The van der Waals surface area contributed by atoms with Crippen molar-refractivity contribution in [1.29, 1.82) is 0 Å². The van der Waals surface area contributed by atoms with E-state index in [-0.39, 0.29) is 11.3 Å². The molecular weight excluding hydrogens is 337 g/mol. The van der Waals surface area contributed by atoms with Crippen LogP contribution in [0.25, 0.3) is 0 Å². The van der Waals surface area contributed by atoms with E-state index in [9.17, 15) is 27.5 Å². The van der Waals surface area contributed by atoms with E-state index in [0.29, 0.717) is 19.4 Å². The van der Waals surface area contributed by atoms with Crippen molar-refractivity contribution in [3.05, 3.63) is 30.1 Å². The lowest BCUT2D eigenvalue weighted by atomic mass is 10.0. The molecule has 0 radical (unpaired) electrons. The largest absolute Gasteiger partial charge is 0.480 e. The van der Waals surface area contributed by atoms with Crippen molar-refractivity contribution in [2.24, 2.45) is 0 Å². The molecule has 2 rings (SSSR count). The number of sulfone groups is 1. The van der Waals surface area contributed by atoms with Crippen LogP contribution in [0.4, 0.5) is 4.39 Å². The molecule has 0 aliphatic carbocycles. The molecule has 1 aromatic rings. The molecule has 0 saturated carbocycles. The second-order valence-electron chi connectivity index (χ2n) is 5.95. The van der Waals surface area contributed by atoms with E-state index in [4.69, 9.17) is 0 Å². The zero-order valence-corrected chi connectivity index (χ0v) is 14.1. The monoisotopic (exact) mass is 357 g/mol. The minimum absolute atomic E-state index is 0.0578. The number of carbonyl (C=O) groups is 2. The summed E-state index contributed by atoms with van der Waals surface area (Å²) in [7, 11) is -3.79. The van der Waals surface area contributed by atoms with Gasteiger partial charge in [-0.3, -0.25) is 4.79 Å². The van der Waals surface area contributed by atoms with Gasteiger partial charge in [-0.25, -0.2) is 17.6 Å². The van der Waals surface area contributed by atoms with Crippen LogP contribution in [0.15, 0.2) is 29.2 Å². The van der Waals surface area contributed by atoms with Crippen LogP contribution in [0.1, 0.15) is 32.6 Å². The molecular formula is C16H20FNO5S. The van der Waals surface area contributed by atoms with E-state index in [1.54, 1.807) is 0 Å². The average Bonchev–Trinajstić information content (AvgIpc) is 2.55. The number of halogens is 1. The molecule has 2 atom stereocenters. The standard InChI is InChI=1S/C16H20FNO5S/c1-11(24(22,23)13-7-5-12(17)6-8-13)10-15(19)18-9-3-2-4-14(18)16(20)21/h5-8,11,14H,2-4,9-10H2,1H3,(H,20,21). The lowest BCUT2D eigenvalue weighted by molar-refractivity contribution is -0.152. The molecule has 1 aliphatic heterocycles. The molecule has 24 heavy (non-hydrogen) atoms. The Hall–Kier alpha value is -1.96. The van der Waals surface area contributed by atoms with Gasteiger partial charge in [0.15, 0.2) is 9.84 Å². The molecule has 8 heteroatoms. The molecule has 132 valence electrons. The predicted molar refractivity (Wildman–Crippen MR) is 84.7 cm³/mol. The molecule has 1 aliphatic rings. The number of aliphatic carboxylic acids is 1. The van der Waals surface area contributed by atoms with Crippen LogP contribution in [-0.2, 0) is 19.4 Å². The Kier molecular flexibility index (Phi) is 5.58. The highest BCUT2D eigenvalue weighted by Crippen LogP contribution is 2.22. The van der Waals surface area contributed by atoms with Crippen molar-refractivity contribution in [3.8, 4) is 0 Å². The molecule has 1 N–H and O–H groups in total. The summed E-state index contributed by atoms with van der Waals surface area (Å²) in [5.74, 6) is -2.10. The number of carboxylic acid groups (broad SMARTS) is 1. The van der Waals surface area contributed by atoms with E-state index >= 15 is 0 Å². The van der Waals surface area contributed by atoms with Gasteiger partial charge in [0.1, 0.15) is 11.9 Å². The van der Waals surface area contributed by atoms with Gasteiger partial charge < -0.3 is 10.0 Å². The van der Waals surface area contributed by atoms with Crippen molar-refractivity contribution >= 4 is 21.7 Å². The van der Waals surface area contributed by atoms with E-state index in [2.05, 4.69) is 0 Å². The second-order valence-corrected chi connectivity index (χ2v) is 8.32. The second kappa shape index (κ2) is 7.29. The molecule has 0 spiro atoms. The fraction of sp³-hybridized carbons (Fsp3) is 0.500. The summed E-state index contributed by atoms with van der Waals surface area (Å²) in [6, 6.07) is 3.52. The van der Waals surface area contributed by atoms with Gasteiger partial charge in [0, 0.05) is 13.0 Å². The summed E-state index contributed by atoms with van der Waals surface area (Å²) in [5, 5.41) is 8.19. The number of hydrogen-bond acceptors (Lipinski definition) is 4. The highest BCUT2D eigenvalue weighted by molar-refractivity contribution is 7.92. The maximum atomic E-state index is 12.9. The molecule has 2 unspecified atom stereocenters. The van der Waals surface area contributed by atoms with Gasteiger partial charge in [0.2, 0.25) is 5.91 Å². The van der Waals surface area contributed by atoms with Crippen molar-refractivity contribution in [2.45, 2.75) is 48.8 Å². The lowest BCUT2D eigenvalue weighted by Crippen LogP contribution is -2.48. The zero-order valence-electron chi connectivity index (χ0n) is 13.3. The number of benzene rings is 1. The number of amides is 1. The third-order valence-electron chi connectivity index (χ3n) is 4.24. The molecule has 1 amide bonds. The van der Waals surface area contributed by atoms with Crippen LogP contribution in [0, 0.1) is 5.82 Å². The number of carboxylic acids is 1. The molecule has 1 saturated heterocycles. The number of hydrogen-bond donors (Lipinski definition) is 1. The number of piperidine rings is 1. The molecule has 0 bridgehead atoms. The highest BCUT2D eigenvalue weighted by Gasteiger charge is 2.34. The van der Waals surface area contributed by atoms with Crippen molar-refractivity contribution in [2.75, 3.05) is 6.54 Å². The zero-order chi connectivity index (χ0) is 17.9. The fourth-order valence-corrected chi connectivity index (χ4v) is 4.16. The number of likely N-dealkylation sites (tertiary alicyclic amines) is 1. The van der Waals surface area contributed by atoms with E-state index in [1.807, 2.05) is 0 Å². The van der Waals surface area contributed by atoms with Gasteiger partial charge in [-0.05, 0) is 50.5 Å². The van der Waals surface area contributed by atoms with Gasteiger partial charge >= 0.3 is 5.97 Å². The summed E-state index contributed by atoms with van der Waals surface area (Å²) in [5.41, 5.74) is 0. The summed E-state index contributed by atoms with van der Waals surface area (Å²) in [6.07, 6.45) is 1.50. The summed E-state index contributed by atoms with van der Waals surface area (Å²) in [4.78, 5) is 24.8. The van der Waals surface area contributed by atoms with Gasteiger partial charge in [0.05, 0.1) is 10.1 Å². The summed E-state index contributed by atoms with van der Waals surface area (Å²) < 4.78 is 37.9. The van der Waals surface area contributed by atoms with Crippen LogP contribution >= 0.6 is 0 Å². The summed E-state index contributed by atoms with van der Waals surface area (Å²) >= 11 is 0. The quantitative estimate of drug-likeness (QED) is 0.812. The van der Waals surface area contributed by atoms with Gasteiger partial charge in [-0.2, -0.15) is 0 Å². The van der Waals surface area contributed by atoms with E-state index in [0.717, 1.165) is 30.7 Å². The number of nitrogens with zero attached hydrogens (tertiary/aromatic N) is 1. The normalized spacial score (nSPS) is 19.8. The van der Waals surface area contributed by atoms with E-state index in [1.165, 1.54) is 11.8 Å². The Morgan fingerprint density at radius 1 is 1.29 bits per heavy atom. The Balaban J connectivity index is 2.12. The SMILES string of the molecule is CC(CC(=O)N1CCCCC1C(=O)O)S(=O)(=O)c1ccc(F)cc1. The molecule has 6 nitrogen and oxygen atoms in total. The van der Waals surface area contributed by atoms with Crippen LogP contribution in [-0.4, -0.2) is 48.1 Å². The minimum Gasteiger partial charge on any atom is -0.480 e. The molecule has 0 aromatic heterocycles. The Morgan fingerprint density at radius 3 is 2.50 bits per heavy atom. The number of carbonyl (C=O) groups excluding carboxylic acids is 1. The maximum absolute atomic E-state index is 12.9. The van der Waals surface area contributed by atoms with Gasteiger partial charge in [0.25, 0.3) is 0 Å². The molecule has 1 heterocycles. The maximum Gasteiger partial charge on any atom is 0.326 e. The average molecular weight is 357 g/mol. The first-order valence-corrected chi connectivity index (χ1v) is 9.30. The van der Waals surface area contributed by atoms with Crippen molar-refractivity contribution in [1.82, 2.24) is 4.90 Å². The Morgan fingerprint density at radius 2 is 1.92 bits per heavy atom. The minimum atomic E-state index is -3.79. The first kappa shape index (κ1) is 18.4. The third-order valence-corrected chi connectivity index (χ3v) is 6.40. The topological polar surface area (TPSA) is 91.8 Å². The Bertz CT molecular complexity index is 716. The van der Waals surface area contributed by atoms with Crippen LogP contribution in [0.3, 0.4) is 0 Å². The smallest absolute Gasteiger partial charge is 0.326 e. The molecule has 1 fully saturated rings. The molecule has 1 aromatic carbocycles.